The SMILES string of the molecule is CNCC1(CCc2ccsc2)CCC1. The molecule has 1 aromatic rings. The van der Waals surface area contributed by atoms with E-state index in [-0.39, 0.29) is 0 Å². The summed E-state index contributed by atoms with van der Waals surface area (Å²) in [7, 11) is 2.07. The summed E-state index contributed by atoms with van der Waals surface area (Å²) < 4.78 is 0. The summed E-state index contributed by atoms with van der Waals surface area (Å²) in [6.07, 6.45) is 6.93. The lowest BCUT2D eigenvalue weighted by atomic mass is 9.66. The number of nitrogens with one attached hydrogen (secondary N) is 1. The summed E-state index contributed by atoms with van der Waals surface area (Å²) in [6, 6.07) is 2.26. The van der Waals surface area contributed by atoms with Gasteiger partial charge in [0.05, 0.1) is 0 Å². The van der Waals surface area contributed by atoms with Crippen molar-refractivity contribution in [3.8, 4) is 0 Å². The van der Waals surface area contributed by atoms with Gasteiger partial charge >= 0.3 is 0 Å². The fourth-order valence-corrected chi connectivity index (χ4v) is 3.11. The maximum Gasteiger partial charge on any atom is 0.000492 e. The number of rotatable bonds is 5. The second kappa shape index (κ2) is 4.45. The van der Waals surface area contributed by atoms with Gasteiger partial charge in [0.25, 0.3) is 0 Å². The minimum Gasteiger partial charge on any atom is -0.319 e. The summed E-state index contributed by atoms with van der Waals surface area (Å²) in [4.78, 5) is 0. The molecule has 1 nitrogen and oxygen atoms in total. The molecule has 78 valence electrons. The molecule has 1 N–H and O–H groups in total. The number of hydrogen-bond acceptors (Lipinski definition) is 2. The van der Waals surface area contributed by atoms with Crippen molar-refractivity contribution < 1.29 is 0 Å². The van der Waals surface area contributed by atoms with Crippen molar-refractivity contribution in [1.82, 2.24) is 5.32 Å². The van der Waals surface area contributed by atoms with Crippen molar-refractivity contribution in [2.45, 2.75) is 32.1 Å². The first kappa shape index (κ1) is 10.2. The van der Waals surface area contributed by atoms with Crippen molar-refractivity contribution >= 4 is 11.3 Å². The Labute approximate surface area is 90.5 Å². The quantitative estimate of drug-likeness (QED) is 0.786. The molecule has 2 rings (SSSR count). The molecule has 0 saturated heterocycles. The highest BCUT2D eigenvalue weighted by molar-refractivity contribution is 7.07. The van der Waals surface area contributed by atoms with E-state index in [4.69, 9.17) is 0 Å². The van der Waals surface area contributed by atoms with Crippen LogP contribution in [0.1, 0.15) is 31.2 Å². The van der Waals surface area contributed by atoms with Crippen LogP contribution in [0.5, 0.6) is 0 Å². The first-order chi connectivity index (χ1) is 6.85. The van der Waals surface area contributed by atoms with Gasteiger partial charge in [0.1, 0.15) is 0 Å². The molecule has 0 bridgehead atoms. The van der Waals surface area contributed by atoms with Gasteiger partial charge in [-0.25, -0.2) is 0 Å². The molecule has 0 unspecified atom stereocenters. The van der Waals surface area contributed by atoms with Gasteiger partial charge in [0.2, 0.25) is 0 Å². The Morgan fingerprint density at radius 3 is 2.86 bits per heavy atom. The van der Waals surface area contributed by atoms with E-state index in [2.05, 4.69) is 29.2 Å². The van der Waals surface area contributed by atoms with Crippen LogP contribution in [-0.4, -0.2) is 13.6 Å². The van der Waals surface area contributed by atoms with Crippen molar-refractivity contribution in [2.75, 3.05) is 13.6 Å². The van der Waals surface area contributed by atoms with Crippen molar-refractivity contribution in [2.24, 2.45) is 5.41 Å². The van der Waals surface area contributed by atoms with Crippen LogP contribution in [0.3, 0.4) is 0 Å². The molecule has 0 atom stereocenters. The van der Waals surface area contributed by atoms with Crippen molar-refractivity contribution in [1.29, 1.82) is 0 Å². The maximum absolute atomic E-state index is 3.34. The molecule has 1 fully saturated rings. The molecule has 1 heterocycles. The van der Waals surface area contributed by atoms with Crippen LogP contribution in [-0.2, 0) is 6.42 Å². The summed E-state index contributed by atoms with van der Waals surface area (Å²) in [5, 5.41) is 7.81. The molecule has 1 aliphatic rings. The van der Waals surface area contributed by atoms with Crippen LogP contribution in [0.25, 0.3) is 0 Å². The molecule has 0 spiro atoms. The number of aryl methyl sites for hydroxylation is 1. The zero-order valence-corrected chi connectivity index (χ0v) is 9.70. The molecular formula is C12H19NS. The highest BCUT2D eigenvalue weighted by Crippen LogP contribution is 2.44. The summed E-state index contributed by atoms with van der Waals surface area (Å²) in [6.45, 7) is 1.21. The lowest BCUT2D eigenvalue weighted by Gasteiger charge is -2.42. The lowest BCUT2D eigenvalue weighted by Crippen LogP contribution is -2.39. The Morgan fingerprint density at radius 1 is 1.50 bits per heavy atom. The third-order valence-corrected chi connectivity index (χ3v) is 4.22. The Balaban J connectivity index is 1.83. The Kier molecular flexibility index (Phi) is 3.24. The van der Waals surface area contributed by atoms with Gasteiger partial charge in [-0.15, -0.1) is 0 Å². The molecule has 2 heteroatoms. The first-order valence-electron chi connectivity index (χ1n) is 5.50. The largest absolute Gasteiger partial charge is 0.319 e. The van der Waals surface area contributed by atoms with Crippen molar-refractivity contribution in [3.05, 3.63) is 22.4 Å². The van der Waals surface area contributed by atoms with Crippen LogP contribution in [0.2, 0.25) is 0 Å². The van der Waals surface area contributed by atoms with Gasteiger partial charge in [-0.3, -0.25) is 0 Å². The van der Waals surface area contributed by atoms with Crippen LogP contribution < -0.4 is 5.32 Å². The average molecular weight is 209 g/mol. The lowest BCUT2D eigenvalue weighted by molar-refractivity contribution is 0.120. The van der Waals surface area contributed by atoms with Crippen molar-refractivity contribution in [3.63, 3.8) is 0 Å². The summed E-state index contributed by atoms with van der Waals surface area (Å²) in [5.41, 5.74) is 2.16. The third kappa shape index (κ3) is 2.18. The standard InChI is InChI=1S/C12H19NS/c1-13-10-12(5-2-6-12)7-3-11-4-8-14-9-11/h4,8-9,13H,2-3,5-7,10H2,1H3. The normalized spacial score (nSPS) is 19.2. The van der Waals surface area contributed by atoms with Crippen LogP contribution in [0.4, 0.5) is 0 Å². The topological polar surface area (TPSA) is 12.0 Å². The molecular weight excluding hydrogens is 190 g/mol. The van der Waals surface area contributed by atoms with Gasteiger partial charge in [0, 0.05) is 6.54 Å². The maximum atomic E-state index is 3.34. The second-order valence-corrected chi connectivity index (χ2v) is 5.30. The number of thiophene rings is 1. The predicted octanol–water partition coefficient (Wildman–Crippen LogP) is 3.07. The highest BCUT2D eigenvalue weighted by Gasteiger charge is 2.35. The van der Waals surface area contributed by atoms with E-state index in [1.807, 2.05) is 11.3 Å². The van der Waals surface area contributed by atoms with E-state index in [1.54, 1.807) is 0 Å². The minimum atomic E-state index is 0.636. The Hall–Kier alpha value is -0.340. The summed E-state index contributed by atoms with van der Waals surface area (Å²) >= 11 is 1.81. The fraction of sp³-hybridized carbons (Fsp3) is 0.667. The van der Waals surface area contributed by atoms with E-state index in [0.29, 0.717) is 5.41 Å². The molecule has 1 aliphatic carbocycles. The monoisotopic (exact) mass is 209 g/mol. The van der Waals surface area contributed by atoms with Crippen LogP contribution >= 0.6 is 11.3 Å². The Bertz CT molecular complexity index is 262. The van der Waals surface area contributed by atoms with E-state index < -0.39 is 0 Å². The van der Waals surface area contributed by atoms with Gasteiger partial charge < -0.3 is 5.32 Å². The van der Waals surface area contributed by atoms with Crippen LogP contribution in [0, 0.1) is 5.41 Å². The van der Waals surface area contributed by atoms with Gasteiger partial charge in [-0.2, -0.15) is 11.3 Å². The first-order valence-corrected chi connectivity index (χ1v) is 6.45. The van der Waals surface area contributed by atoms with E-state index >= 15 is 0 Å². The molecule has 0 aromatic carbocycles. The zero-order chi connectivity index (χ0) is 9.86. The molecule has 1 aromatic heterocycles. The molecule has 0 radical (unpaired) electrons. The minimum absolute atomic E-state index is 0.636. The molecule has 0 amide bonds. The van der Waals surface area contributed by atoms with E-state index in [0.717, 1.165) is 0 Å². The van der Waals surface area contributed by atoms with E-state index in [1.165, 1.54) is 44.2 Å². The van der Waals surface area contributed by atoms with Gasteiger partial charge in [0.15, 0.2) is 0 Å². The molecule has 1 saturated carbocycles. The zero-order valence-electron chi connectivity index (χ0n) is 8.88. The van der Waals surface area contributed by atoms with E-state index in [9.17, 15) is 0 Å². The molecule has 0 aliphatic heterocycles. The molecule has 14 heavy (non-hydrogen) atoms. The average Bonchev–Trinajstić information content (AvgIpc) is 2.62. The highest BCUT2D eigenvalue weighted by atomic mass is 32.1. The fourth-order valence-electron chi connectivity index (χ4n) is 2.41. The summed E-state index contributed by atoms with van der Waals surface area (Å²) in [5.74, 6) is 0. The van der Waals surface area contributed by atoms with Crippen LogP contribution in [0.15, 0.2) is 16.8 Å². The van der Waals surface area contributed by atoms with Gasteiger partial charge in [-0.1, -0.05) is 6.42 Å². The number of hydrogen-bond donors (Lipinski definition) is 1. The third-order valence-electron chi connectivity index (χ3n) is 3.49. The van der Waals surface area contributed by atoms with Gasteiger partial charge in [-0.05, 0) is 60.5 Å². The predicted molar refractivity (Wildman–Crippen MR) is 62.9 cm³/mol. The smallest absolute Gasteiger partial charge is 0.000492 e. The second-order valence-electron chi connectivity index (χ2n) is 4.52. The Morgan fingerprint density at radius 2 is 2.36 bits per heavy atom.